The summed E-state index contributed by atoms with van der Waals surface area (Å²) in [7, 11) is 0. The first kappa shape index (κ1) is 12.7. The number of carbonyl (C=O) groups excluding carboxylic acids is 1. The van der Waals surface area contributed by atoms with Crippen LogP contribution in [0.5, 0.6) is 0 Å². The van der Waals surface area contributed by atoms with Crippen molar-refractivity contribution in [2.45, 2.75) is 13.1 Å². The van der Waals surface area contributed by atoms with Crippen LogP contribution in [-0.4, -0.2) is 17.6 Å². The van der Waals surface area contributed by atoms with Crippen LogP contribution in [-0.2, 0) is 10.9 Å². The fourth-order valence-electron chi connectivity index (χ4n) is 0.951. The minimum Gasteiger partial charge on any atom is -0.462 e. The number of carbonyl (C=O) groups is 1. The summed E-state index contributed by atoms with van der Waals surface area (Å²) in [5.41, 5.74) is -1.22. The highest BCUT2D eigenvalue weighted by Crippen LogP contribution is 2.34. The minimum absolute atomic E-state index is 0.0114. The number of ether oxygens (including phenoxy) is 1. The number of esters is 1. The summed E-state index contributed by atoms with van der Waals surface area (Å²) < 4.78 is 42.0. The van der Waals surface area contributed by atoms with Crippen LogP contribution < -0.4 is 0 Å². The zero-order valence-corrected chi connectivity index (χ0v) is 9.11. The lowest BCUT2D eigenvalue weighted by Gasteiger charge is -2.04. The summed E-state index contributed by atoms with van der Waals surface area (Å²) in [6.07, 6.45) is -3.51. The van der Waals surface area contributed by atoms with Crippen LogP contribution in [0.1, 0.15) is 27.3 Å². The molecule has 7 heteroatoms. The molecule has 0 amide bonds. The highest BCUT2D eigenvalue weighted by Gasteiger charge is 2.39. The lowest BCUT2D eigenvalue weighted by Crippen LogP contribution is -2.13. The quantitative estimate of drug-likeness (QED) is 0.775. The molecular formula is C9H8F3NO2S. The second-order valence-corrected chi connectivity index (χ2v) is 3.68. The number of aromatic nitrogens is 1. The predicted octanol–water partition coefficient (Wildman–Crippen LogP) is 2.98. The molecule has 0 atom stereocenters. The fraction of sp³-hybridized carbons (Fsp3) is 0.333. The van der Waals surface area contributed by atoms with Gasteiger partial charge in [-0.3, -0.25) is 0 Å². The molecule has 1 aromatic rings. The third-order valence-corrected chi connectivity index (χ3v) is 2.58. The van der Waals surface area contributed by atoms with E-state index < -0.39 is 22.7 Å². The third-order valence-electron chi connectivity index (χ3n) is 1.55. The molecule has 0 aliphatic rings. The van der Waals surface area contributed by atoms with E-state index in [2.05, 4.69) is 16.3 Å². The van der Waals surface area contributed by atoms with Crippen LogP contribution in [0, 0.1) is 0 Å². The summed E-state index contributed by atoms with van der Waals surface area (Å²) in [5, 5.41) is 0.0374. The van der Waals surface area contributed by atoms with Crippen LogP contribution in [0.15, 0.2) is 6.58 Å². The first-order chi connectivity index (χ1) is 7.40. The molecule has 0 unspecified atom stereocenters. The van der Waals surface area contributed by atoms with Gasteiger partial charge in [0.15, 0.2) is 5.69 Å². The largest absolute Gasteiger partial charge is 0.462 e. The van der Waals surface area contributed by atoms with E-state index >= 15 is 0 Å². The summed E-state index contributed by atoms with van der Waals surface area (Å²) in [4.78, 5) is 14.0. The molecule has 1 heterocycles. The van der Waals surface area contributed by atoms with Crippen molar-refractivity contribution >= 4 is 23.4 Å². The summed E-state index contributed by atoms with van der Waals surface area (Å²) in [6.45, 7) is 4.83. The van der Waals surface area contributed by atoms with Gasteiger partial charge in [0, 0.05) is 0 Å². The molecule has 0 spiro atoms. The van der Waals surface area contributed by atoms with E-state index in [1.54, 1.807) is 0 Å². The molecule has 0 aliphatic carbocycles. The predicted molar refractivity (Wildman–Crippen MR) is 53.2 cm³/mol. The van der Waals surface area contributed by atoms with Crippen molar-refractivity contribution in [1.82, 2.24) is 4.98 Å². The molecule has 0 N–H and O–H groups in total. The zero-order valence-electron chi connectivity index (χ0n) is 8.30. The topological polar surface area (TPSA) is 39.2 Å². The number of nitrogens with zero attached hydrogens (tertiary/aromatic N) is 1. The van der Waals surface area contributed by atoms with Gasteiger partial charge < -0.3 is 4.74 Å². The molecule has 88 valence electrons. The maximum Gasteiger partial charge on any atom is 0.435 e. The van der Waals surface area contributed by atoms with Gasteiger partial charge in [0.2, 0.25) is 0 Å². The maximum absolute atomic E-state index is 12.5. The van der Waals surface area contributed by atoms with E-state index in [0.717, 1.165) is 6.08 Å². The number of hydrogen-bond donors (Lipinski definition) is 0. The van der Waals surface area contributed by atoms with Crippen molar-refractivity contribution in [2.75, 3.05) is 6.61 Å². The van der Waals surface area contributed by atoms with E-state index in [9.17, 15) is 18.0 Å². The van der Waals surface area contributed by atoms with Crippen LogP contribution in [0.25, 0.3) is 6.08 Å². The molecule has 0 radical (unpaired) electrons. The van der Waals surface area contributed by atoms with Crippen LogP contribution in [0.4, 0.5) is 13.2 Å². The van der Waals surface area contributed by atoms with Crippen LogP contribution in [0.3, 0.4) is 0 Å². The molecule has 0 aliphatic heterocycles. The van der Waals surface area contributed by atoms with Crippen molar-refractivity contribution in [3.05, 3.63) is 22.2 Å². The van der Waals surface area contributed by atoms with Gasteiger partial charge in [-0.2, -0.15) is 13.2 Å². The normalized spacial score (nSPS) is 11.2. The van der Waals surface area contributed by atoms with Crippen molar-refractivity contribution < 1.29 is 22.7 Å². The van der Waals surface area contributed by atoms with E-state index in [-0.39, 0.29) is 11.6 Å². The molecule has 3 nitrogen and oxygen atoms in total. The van der Waals surface area contributed by atoms with Gasteiger partial charge in [-0.25, -0.2) is 9.78 Å². The first-order valence-corrected chi connectivity index (χ1v) is 5.09. The second-order valence-electron chi connectivity index (χ2n) is 2.65. The number of thiazole rings is 1. The first-order valence-electron chi connectivity index (χ1n) is 4.27. The summed E-state index contributed by atoms with van der Waals surface area (Å²) in [5.74, 6) is -1.01. The van der Waals surface area contributed by atoms with Gasteiger partial charge in [0.05, 0.1) is 6.61 Å². The van der Waals surface area contributed by atoms with Gasteiger partial charge >= 0.3 is 12.1 Å². The van der Waals surface area contributed by atoms with E-state index in [0.29, 0.717) is 11.3 Å². The van der Waals surface area contributed by atoms with E-state index in [1.807, 2.05) is 0 Å². The number of halogens is 3. The van der Waals surface area contributed by atoms with E-state index in [4.69, 9.17) is 0 Å². The standard InChI is InChI=1S/C9H8F3NO2S/c1-3-5-13-7(9(10,11)12)6(16-5)8(14)15-4-2/h3H,1,4H2,2H3. The number of rotatable bonds is 3. The molecule has 0 bridgehead atoms. The highest BCUT2D eigenvalue weighted by molar-refractivity contribution is 7.14. The molecule has 0 saturated heterocycles. The Bertz CT molecular complexity index is 411. The van der Waals surface area contributed by atoms with Gasteiger partial charge in [-0.1, -0.05) is 6.58 Å². The van der Waals surface area contributed by atoms with Crippen LogP contribution in [0.2, 0.25) is 0 Å². The van der Waals surface area contributed by atoms with Gasteiger partial charge in [0.25, 0.3) is 0 Å². The Hall–Kier alpha value is -1.37. The summed E-state index contributed by atoms with van der Waals surface area (Å²) >= 11 is 0.611. The zero-order chi connectivity index (χ0) is 12.3. The SMILES string of the molecule is C=Cc1nc(C(F)(F)F)c(C(=O)OCC)s1. The average Bonchev–Trinajstić information content (AvgIpc) is 2.61. The highest BCUT2D eigenvalue weighted by atomic mass is 32.1. The van der Waals surface area contributed by atoms with Gasteiger partial charge in [-0.15, -0.1) is 11.3 Å². The Morgan fingerprint density at radius 1 is 1.62 bits per heavy atom. The molecule has 0 fully saturated rings. The monoisotopic (exact) mass is 251 g/mol. The fourth-order valence-corrected chi connectivity index (χ4v) is 1.78. The van der Waals surface area contributed by atoms with Crippen molar-refractivity contribution in [3.8, 4) is 0 Å². The Balaban J connectivity index is 3.20. The number of hydrogen-bond acceptors (Lipinski definition) is 4. The Labute approximate surface area is 93.6 Å². The van der Waals surface area contributed by atoms with Crippen molar-refractivity contribution in [1.29, 1.82) is 0 Å². The van der Waals surface area contributed by atoms with Gasteiger partial charge in [-0.05, 0) is 13.0 Å². The van der Waals surface area contributed by atoms with Crippen molar-refractivity contribution in [3.63, 3.8) is 0 Å². The molecule has 0 aromatic carbocycles. The average molecular weight is 251 g/mol. The van der Waals surface area contributed by atoms with E-state index in [1.165, 1.54) is 6.92 Å². The number of alkyl halides is 3. The molecular weight excluding hydrogens is 243 g/mol. The Kier molecular flexibility index (Phi) is 3.69. The molecule has 0 saturated carbocycles. The van der Waals surface area contributed by atoms with Gasteiger partial charge in [0.1, 0.15) is 9.88 Å². The third kappa shape index (κ3) is 2.60. The Morgan fingerprint density at radius 2 is 2.25 bits per heavy atom. The summed E-state index contributed by atoms with van der Waals surface area (Å²) in [6, 6.07) is 0. The smallest absolute Gasteiger partial charge is 0.435 e. The second kappa shape index (κ2) is 4.65. The Morgan fingerprint density at radius 3 is 2.69 bits per heavy atom. The lowest BCUT2D eigenvalue weighted by molar-refractivity contribution is -0.141. The van der Waals surface area contributed by atoms with Crippen molar-refractivity contribution in [2.24, 2.45) is 0 Å². The molecule has 16 heavy (non-hydrogen) atoms. The molecule has 1 rings (SSSR count). The van der Waals surface area contributed by atoms with Crippen LogP contribution >= 0.6 is 11.3 Å². The lowest BCUT2D eigenvalue weighted by atomic mass is 10.3. The maximum atomic E-state index is 12.5. The minimum atomic E-state index is -4.67. The molecule has 1 aromatic heterocycles.